The molecule has 10 heteroatoms. The number of carboxylic acids is 1. The van der Waals surface area contributed by atoms with Crippen LogP contribution in [0.5, 0.6) is 0 Å². The van der Waals surface area contributed by atoms with Crippen LogP contribution in [0.2, 0.25) is 0 Å². The topological polar surface area (TPSA) is 160 Å². The van der Waals surface area contributed by atoms with Crippen molar-refractivity contribution in [2.75, 3.05) is 0 Å². The average molecular weight is 677 g/mol. The molecule has 0 radical (unpaired) electrons. The van der Waals surface area contributed by atoms with Crippen molar-refractivity contribution in [3.63, 3.8) is 0 Å². The zero-order valence-electron chi connectivity index (χ0n) is 30.6. The fourth-order valence-electron chi connectivity index (χ4n) is 11.7. The summed E-state index contributed by atoms with van der Waals surface area (Å²) in [6.45, 7) is 17.5. The number of hydrogen-bond donors (Lipinski definition) is 4. The first-order chi connectivity index (χ1) is 22.0. The Morgan fingerprint density at radius 1 is 0.896 bits per heavy atom. The van der Waals surface area contributed by atoms with Crippen molar-refractivity contribution in [3.8, 4) is 0 Å². The third-order valence-corrected chi connectivity index (χ3v) is 14.1. The van der Waals surface area contributed by atoms with Crippen LogP contribution in [-0.2, 0) is 28.6 Å². The summed E-state index contributed by atoms with van der Waals surface area (Å²) < 4.78 is 18.1. The van der Waals surface area contributed by atoms with E-state index in [0.717, 1.165) is 44.9 Å². The van der Waals surface area contributed by atoms with E-state index in [4.69, 9.17) is 14.2 Å². The summed E-state index contributed by atoms with van der Waals surface area (Å²) >= 11 is 0. The third-order valence-electron chi connectivity index (χ3n) is 14.1. The minimum absolute atomic E-state index is 0.00438. The van der Waals surface area contributed by atoms with Crippen LogP contribution < -0.4 is 0 Å². The molecular formula is C38H60O10. The van der Waals surface area contributed by atoms with Gasteiger partial charge >= 0.3 is 17.9 Å². The number of fused-ring (bicyclic) bond motifs is 4. The molecular weight excluding hydrogens is 616 g/mol. The number of allylic oxidation sites excluding steroid dienone is 2. The predicted molar refractivity (Wildman–Crippen MR) is 177 cm³/mol. The second-order valence-corrected chi connectivity index (χ2v) is 18.1. The number of hydrogen-bond acceptors (Lipinski definition) is 9. The first-order valence-corrected chi connectivity index (χ1v) is 18.1. The maximum absolute atomic E-state index is 13.3. The summed E-state index contributed by atoms with van der Waals surface area (Å²) in [6.07, 6.45) is 3.88. The molecule has 2 saturated carbocycles. The van der Waals surface area contributed by atoms with E-state index < -0.39 is 72.0 Å². The highest BCUT2D eigenvalue weighted by Crippen LogP contribution is 2.73. The smallest absolute Gasteiger partial charge is 0.309 e. The lowest BCUT2D eigenvalue weighted by atomic mass is 9.43. The van der Waals surface area contributed by atoms with Gasteiger partial charge in [-0.15, -0.1) is 0 Å². The molecule has 4 aliphatic carbocycles. The van der Waals surface area contributed by atoms with Crippen LogP contribution in [0.25, 0.3) is 0 Å². The summed E-state index contributed by atoms with van der Waals surface area (Å²) in [4.78, 5) is 36.9. The van der Waals surface area contributed by atoms with Gasteiger partial charge in [0.1, 0.15) is 12.2 Å². The van der Waals surface area contributed by atoms with E-state index in [-0.39, 0.29) is 34.0 Å². The zero-order valence-corrected chi connectivity index (χ0v) is 30.6. The molecule has 11 atom stereocenters. The third kappa shape index (κ3) is 6.26. The molecule has 0 aromatic heterocycles. The number of esters is 2. The van der Waals surface area contributed by atoms with Crippen LogP contribution in [0, 0.1) is 39.4 Å². The van der Waals surface area contributed by atoms with Crippen LogP contribution in [0.15, 0.2) is 11.1 Å². The quantitative estimate of drug-likeness (QED) is 0.186. The van der Waals surface area contributed by atoms with Crippen molar-refractivity contribution in [3.05, 3.63) is 11.1 Å². The summed E-state index contributed by atoms with van der Waals surface area (Å²) in [6, 6.07) is 0. The van der Waals surface area contributed by atoms with E-state index in [1.54, 1.807) is 13.8 Å². The number of carboxylic acid groups (broad SMARTS) is 1. The van der Waals surface area contributed by atoms with Crippen molar-refractivity contribution in [2.24, 2.45) is 39.4 Å². The van der Waals surface area contributed by atoms with Gasteiger partial charge in [0.05, 0.1) is 30.1 Å². The van der Waals surface area contributed by atoms with Gasteiger partial charge < -0.3 is 34.6 Å². The number of aliphatic hydroxyl groups is 3. The molecule has 0 spiro atoms. The van der Waals surface area contributed by atoms with Gasteiger partial charge in [-0.1, -0.05) is 45.8 Å². The van der Waals surface area contributed by atoms with Gasteiger partial charge in [-0.25, -0.2) is 0 Å². The molecule has 48 heavy (non-hydrogen) atoms. The molecule has 0 amide bonds. The molecule has 4 N–H and O–H groups in total. The van der Waals surface area contributed by atoms with Crippen LogP contribution in [-0.4, -0.2) is 74.1 Å². The molecule has 1 unspecified atom stereocenters. The van der Waals surface area contributed by atoms with Crippen LogP contribution in [0.3, 0.4) is 0 Å². The number of carbonyl (C=O) groups is 3. The fourth-order valence-corrected chi connectivity index (χ4v) is 11.7. The molecule has 272 valence electrons. The Morgan fingerprint density at radius 2 is 1.56 bits per heavy atom. The van der Waals surface area contributed by atoms with Gasteiger partial charge in [-0.3, -0.25) is 14.4 Å². The Morgan fingerprint density at radius 3 is 2.15 bits per heavy atom. The highest BCUT2D eigenvalue weighted by molar-refractivity contribution is 5.74. The highest BCUT2D eigenvalue weighted by Gasteiger charge is 2.66. The monoisotopic (exact) mass is 676 g/mol. The number of rotatable bonds is 8. The molecule has 1 heterocycles. The molecule has 0 bridgehead atoms. The SMILES string of the molecule is CC(=O)O[C@H]1[C@H](OC(=O)C[C@@](C)(O)CC(=O)O)C[C@]2(C)C3=C(CC[C@H]2C1(C)C)[C@]1(C)CC[C@H]([C@H]2CC[C@@H](C(C)(C)O)OC2O)[C@@]1(C)CC3. The molecule has 1 saturated heterocycles. The molecule has 10 nitrogen and oxygen atoms in total. The van der Waals surface area contributed by atoms with Gasteiger partial charge in [0.2, 0.25) is 0 Å². The predicted octanol–water partition coefficient (Wildman–Crippen LogP) is 5.69. The minimum atomic E-state index is -1.77. The van der Waals surface area contributed by atoms with Crippen LogP contribution in [0.4, 0.5) is 0 Å². The fraction of sp³-hybridized carbons (Fsp3) is 0.868. The summed E-state index contributed by atoms with van der Waals surface area (Å²) in [7, 11) is 0. The van der Waals surface area contributed by atoms with E-state index in [1.807, 2.05) is 0 Å². The van der Waals surface area contributed by atoms with Crippen molar-refractivity contribution in [1.82, 2.24) is 0 Å². The molecule has 3 fully saturated rings. The largest absolute Gasteiger partial charge is 0.481 e. The first kappa shape index (κ1) is 37.3. The molecule has 0 aromatic carbocycles. The number of aliphatic hydroxyl groups excluding tert-OH is 1. The average Bonchev–Trinajstić information content (AvgIpc) is 3.20. The summed E-state index contributed by atoms with van der Waals surface area (Å²) in [5, 5.41) is 41.6. The maximum Gasteiger partial charge on any atom is 0.309 e. The van der Waals surface area contributed by atoms with E-state index in [2.05, 4.69) is 34.6 Å². The van der Waals surface area contributed by atoms with Gasteiger partial charge in [0, 0.05) is 18.3 Å². The lowest BCUT2D eigenvalue weighted by molar-refractivity contribution is -0.247. The van der Waals surface area contributed by atoms with Crippen molar-refractivity contribution >= 4 is 17.9 Å². The lowest BCUT2D eigenvalue weighted by Gasteiger charge is -2.63. The second-order valence-electron chi connectivity index (χ2n) is 18.1. The summed E-state index contributed by atoms with van der Waals surface area (Å²) in [5.41, 5.74) is -0.857. The lowest BCUT2D eigenvalue weighted by Crippen LogP contribution is -2.61. The van der Waals surface area contributed by atoms with Crippen molar-refractivity contribution < 1.29 is 49.0 Å². The van der Waals surface area contributed by atoms with E-state index >= 15 is 0 Å². The first-order valence-electron chi connectivity index (χ1n) is 18.1. The molecule has 5 aliphatic rings. The second kappa shape index (κ2) is 12.3. The maximum atomic E-state index is 13.3. The van der Waals surface area contributed by atoms with Crippen LogP contribution in [0.1, 0.15) is 133 Å². The molecule has 5 rings (SSSR count). The minimum Gasteiger partial charge on any atom is -0.481 e. The summed E-state index contributed by atoms with van der Waals surface area (Å²) in [5.74, 6) is -1.93. The Kier molecular flexibility index (Phi) is 9.58. The van der Waals surface area contributed by atoms with Gasteiger partial charge in [0.15, 0.2) is 6.29 Å². The standard InChI is InChI=1S/C38H60O10/c1-21(39)46-31-26(47-30(42)20-35(6,45)19-29(40)41)18-36(7)24-15-17-37(8)23(22-10-13-28(34(4,5)44)48-32(22)43)14-16-38(37,9)25(24)11-12-27(36)33(31,2)3/h22-23,26-28,31-32,43-45H,10-20H2,1-9H3,(H,40,41)/t22-,23-,26-,27+,28+,31+,32?,35+,36-,37-,38+/m1/s1. The molecule has 1 aliphatic heterocycles. The van der Waals surface area contributed by atoms with Gasteiger partial charge in [-0.05, 0) is 107 Å². The number of aliphatic carboxylic acids is 1. The Bertz CT molecular complexity index is 1330. The normalized spacial score (nSPS) is 42.1. The highest BCUT2D eigenvalue weighted by atomic mass is 16.6. The number of ether oxygens (including phenoxy) is 3. The Balaban J connectivity index is 1.46. The zero-order chi connectivity index (χ0) is 35.8. The van der Waals surface area contributed by atoms with Gasteiger partial charge in [0.25, 0.3) is 0 Å². The molecule has 0 aromatic rings. The van der Waals surface area contributed by atoms with Crippen molar-refractivity contribution in [2.45, 2.75) is 169 Å². The van der Waals surface area contributed by atoms with Crippen LogP contribution >= 0.6 is 0 Å². The van der Waals surface area contributed by atoms with E-state index in [1.165, 1.54) is 25.0 Å². The Labute approximate surface area is 286 Å². The number of carbonyl (C=O) groups excluding carboxylic acids is 2. The van der Waals surface area contributed by atoms with Gasteiger partial charge in [-0.2, -0.15) is 0 Å². The van der Waals surface area contributed by atoms with E-state index in [9.17, 15) is 34.8 Å². The Hall–Kier alpha value is -2.01. The van der Waals surface area contributed by atoms with E-state index in [0.29, 0.717) is 12.8 Å². The van der Waals surface area contributed by atoms with Crippen molar-refractivity contribution in [1.29, 1.82) is 0 Å².